The lowest BCUT2D eigenvalue weighted by Crippen LogP contribution is -2.02. The number of thiazole rings is 1. The van der Waals surface area contributed by atoms with E-state index in [2.05, 4.69) is 18.8 Å². The zero-order valence-electron chi connectivity index (χ0n) is 13.0. The minimum absolute atomic E-state index is 0.213. The Hall–Kier alpha value is -1.30. The summed E-state index contributed by atoms with van der Waals surface area (Å²) < 4.78 is 5.66. The van der Waals surface area contributed by atoms with E-state index in [9.17, 15) is 4.79 Å². The molecule has 1 N–H and O–H groups in total. The predicted molar refractivity (Wildman–Crippen MR) is 94.2 cm³/mol. The second kappa shape index (κ2) is 7.51. The fraction of sp³-hybridized carbons (Fsp3) is 0.375. The monoisotopic (exact) mass is 373 g/mol. The lowest BCUT2D eigenvalue weighted by molar-refractivity contribution is 0.0701. The molecule has 0 bridgehead atoms. The second-order valence-electron chi connectivity index (χ2n) is 5.54. The van der Waals surface area contributed by atoms with Gasteiger partial charge < -0.3 is 9.84 Å². The molecular weight excluding hydrogens is 357 g/mol. The third-order valence-electron chi connectivity index (χ3n) is 3.18. The van der Waals surface area contributed by atoms with E-state index < -0.39 is 5.97 Å². The number of carbonyl (C=O) groups is 1. The summed E-state index contributed by atoms with van der Waals surface area (Å²) in [6, 6.07) is 3.39. The summed E-state index contributed by atoms with van der Waals surface area (Å²) in [7, 11) is 0. The molecule has 124 valence electrons. The molecule has 0 fully saturated rings. The van der Waals surface area contributed by atoms with Gasteiger partial charge >= 0.3 is 5.97 Å². The highest BCUT2D eigenvalue weighted by Gasteiger charge is 2.17. The van der Waals surface area contributed by atoms with Gasteiger partial charge in [0.2, 0.25) is 0 Å². The van der Waals surface area contributed by atoms with Crippen LogP contribution in [-0.2, 0) is 0 Å². The Morgan fingerprint density at radius 2 is 1.96 bits per heavy atom. The summed E-state index contributed by atoms with van der Waals surface area (Å²) in [5.74, 6) is -0.0129. The van der Waals surface area contributed by atoms with Gasteiger partial charge in [-0.1, -0.05) is 37.0 Å². The number of carboxylic acid groups (broad SMARTS) is 1. The lowest BCUT2D eigenvalue weighted by Gasteiger charge is -2.12. The van der Waals surface area contributed by atoms with Crippen molar-refractivity contribution in [3.05, 3.63) is 32.7 Å². The van der Waals surface area contributed by atoms with E-state index in [1.165, 1.54) is 0 Å². The second-order valence-corrected chi connectivity index (χ2v) is 7.35. The molecule has 0 radical (unpaired) electrons. The maximum absolute atomic E-state index is 11.1. The number of benzene rings is 1. The van der Waals surface area contributed by atoms with Gasteiger partial charge in [-0.3, -0.25) is 0 Å². The topological polar surface area (TPSA) is 59.4 Å². The molecule has 0 aliphatic rings. The summed E-state index contributed by atoms with van der Waals surface area (Å²) >= 11 is 13.6. The molecular formula is C16H17Cl2NO3S. The number of carboxylic acids is 1. The van der Waals surface area contributed by atoms with Crippen LogP contribution in [0.25, 0.3) is 10.6 Å². The molecule has 1 aromatic heterocycles. The molecule has 23 heavy (non-hydrogen) atoms. The van der Waals surface area contributed by atoms with Gasteiger partial charge in [-0.2, -0.15) is 0 Å². The first-order valence-electron chi connectivity index (χ1n) is 7.12. The summed E-state index contributed by atoms with van der Waals surface area (Å²) in [5.41, 5.74) is 1.15. The molecule has 0 saturated heterocycles. The fourth-order valence-corrected chi connectivity index (χ4v) is 3.42. The highest BCUT2D eigenvalue weighted by Crippen LogP contribution is 2.39. The maximum atomic E-state index is 11.1. The van der Waals surface area contributed by atoms with Crippen LogP contribution >= 0.6 is 34.5 Å². The number of nitrogens with zero attached hydrogens (tertiary/aromatic N) is 1. The molecule has 0 atom stereocenters. The van der Waals surface area contributed by atoms with Crippen LogP contribution in [0.1, 0.15) is 35.6 Å². The summed E-state index contributed by atoms with van der Waals surface area (Å²) in [6.07, 6.45) is 0.905. The summed E-state index contributed by atoms with van der Waals surface area (Å²) in [6.45, 7) is 6.42. The molecule has 4 nitrogen and oxygen atoms in total. The lowest BCUT2D eigenvalue weighted by atomic mass is 10.1. The number of hydrogen-bond acceptors (Lipinski definition) is 4. The Morgan fingerprint density at radius 1 is 1.35 bits per heavy atom. The number of ether oxygens (including phenoxy) is 1. The van der Waals surface area contributed by atoms with E-state index >= 15 is 0 Å². The van der Waals surface area contributed by atoms with Crippen molar-refractivity contribution >= 4 is 40.5 Å². The zero-order valence-corrected chi connectivity index (χ0v) is 15.3. The van der Waals surface area contributed by atoms with Crippen LogP contribution in [0.5, 0.6) is 5.75 Å². The molecule has 1 aromatic carbocycles. The van der Waals surface area contributed by atoms with Crippen molar-refractivity contribution < 1.29 is 14.6 Å². The van der Waals surface area contributed by atoms with Crippen molar-refractivity contribution in [2.75, 3.05) is 6.61 Å². The van der Waals surface area contributed by atoms with Crippen molar-refractivity contribution in [2.45, 2.75) is 27.2 Å². The normalized spacial score (nSPS) is 11.0. The smallest absolute Gasteiger partial charge is 0.347 e. The van der Waals surface area contributed by atoms with Crippen LogP contribution in [0.15, 0.2) is 12.1 Å². The number of hydrogen-bond donors (Lipinski definition) is 1. The van der Waals surface area contributed by atoms with Crippen LogP contribution in [0.3, 0.4) is 0 Å². The van der Waals surface area contributed by atoms with E-state index in [0.717, 1.165) is 17.8 Å². The van der Waals surface area contributed by atoms with Crippen LogP contribution in [0, 0.1) is 12.8 Å². The Balaban J connectivity index is 2.29. The van der Waals surface area contributed by atoms with Crippen molar-refractivity contribution in [2.24, 2.45) is 5.92 Å². The highest BCUT2D eigenvalue weighted by atomic mass is 35.5. The minimum atomic E-state index is -0.989. The molecule has 0 amide bonds. The third kappa shape index (κ3) is 4.37. The van der Waals surface area contributed by atoms with Gasteiger partial charge in [-0.15, -0.1) is 11.3 Å². The molecule has 0 aliphatic carbocycles. The molecule has 2 aromatic rings. The Kier molecular flexibility index (Phi) is 5.89. The largest absolute Gasteiger partial charge is 0.490 e. The number of aromatic carboxylic acids is 1. The van der Waals surface area contributed by atoms with E-state index in [1.54, 1.807) is 19.1 Å². The Labute approximate surface area is 149 Å². The van der Waals surface area contributed by atoms with Crippen molar-refractivity contribution in [1.29, 1.82) is 0 Å². The van der Waals surface area contributed by atoms with Crippen molar-refractivity contribution in [3.63, 3.8) is 0 Å². The standard InChI is InChI=1S/C16H17Cl2NO3S/c1-8(2)4-5-22-13-11(17)6-10(7-12(13)18)15-19-9(3)14(23-15)16(20)21/h6-8H,4-5H2,1-3H3,(H,20,21). The van der Waals surface area contributed by atoms with E-state index in [-0.39, 0.29) is 4.88 Å². The van der Waals surface area contributed by atoms with Crippen molar-refractivity contribution in [1.82, 2.24) is 4.98 Å². The van der Waals surface area contributed by atoms with Crippen LogP contribution in [0.2, 0.25) is 10.0 Å². The van der Waals surface area contributed by atoms with Gasteiger partial charge in [0, 0.05) is 5.56 Å². The highest BCUT2D eigenvalue weighted by molar-refractivity contribution is 7.17. The molecule has 0 aliphatic heterocycles. The SMILES string of the molecule is Cc1nc(-c2cc(Cl)c(OCCC(C)C)c(Cl)c2)sc1C(=O)O. The third-order valence-corrected chi connectivity index (χ3v) is 4.93. The summed E-state index contributed by atoms with van der Waals surface area (Å²) in [5, 5.41) is 10.5. The van der Waals surface area contributed by atoms with Gasteiger partial charge in [-0.25, -0.2) is 9.78 Å². The van der Waals surface area contributed by atoms with Gasteiger partial charge in [0.1, 0.15) is 9.88 Å². The van der Waals surface area contributed by atoms with E-state index in [4.69, 9.17) is 33.0 Å². The van der Waals surface area contributed by atoms with E-state index in [1.807, 2.05) is 0 Å². The summed E-state index contributed by atoms with van der Waals surface area (Å²) in [4.78, 5) is 15.6. The number of halogens is 2. The maximum Gasteiger partial charge on any atom is 0.347 e. The number of rotatable bonds is 6. The molecule has 0 spiro atoms. The van der Waals surface area contributed by atoms with Crippen LogP contribution in [0.4, 0.5) is 0 Å². The van der Waals surface area contributed by atoms with Crippen LogP contribution in [-0.4, -0.2) is 22.7 Å². The number of aryl methyl sites for hydroxylation is 1. The molecule has 2 rings (SSSR count). The van der Waals surface area contributed by atoms with Crippen molar-refractivity contribution in [3.8, 4) is 16.3 Å². The number of aromatic nitrogens is 1. The molecule has 0 unspecified atom stereocenters. The molecule has 7 heteroatoms. The first-order chi connectivity index (χ1) is 10.8. The van der Waals surface area contributed by atoms with Crippen LogP contribution < -0.4 is 4.74 Å². The first kappa shape index (κ1) is 18.0. The minimum Gasteiger partial charge on any atom is -0.490 e. The van der Waals surface area contributed by atoms with Gasteiger partial charge in [0.05, 0.1) is 22.3 Å². The average molecular weight is 374 g/mol. The molecule has 0 saturated carbocycles. The fourth-order valence-electron chi connectivity index (χ4n) is 1.94. The average Bonchev–Trinajstić information content (AvgIpc) is 2.83. The molecule has 1 heterocycles. The zero-order chi connectivity index (χ0) is 17.1. The Bertz CT molecular complexity index is 705. The van der Waals surface area contributed by atoms with Gasteiger partial charge in [0.25, 0.3) is 0 Å². The first-order valence-corrected chi connectivity index (χ1v) is 8.69. The predicted octanol–water partition coefficient (Wildman–Crippen LogP) is 5.55. The van der Waals surface area contributed by atoms with Gasteiger partial charge in [0.15, 0.2) is 5.75 Å². The Morgan fingerprint density at radius 3 is 2.43 bits per heavy atom. The van der Waals surface area contributed by atoms with Gasteiger partial charge in [-0.05, 0) is 31.4 Å². The van der Waals surface area contributed by atoms with E-state index in [0.29, 0.717) is 44.6 Å². The quantitative estimate of drug-likeness (QED) is 0.720.